The molecule has 1 N–H and O–H groups in total. The normalized spacial score (nSPS) is 21.8. The third-order valence-electron chi connectivity index (χ3n) is 3.31. The van der Waals surface area contributed by atoms with Crippen LogP contribution in [0.25, 0.3) is 11.0 Å². The van der Waals surface area contributed by atoms with E-state index in [2.05, 4.69) is 9.97 Å². The number of H-pyrrole nitrogens is 1. The molecule has 8 heteroatoms. The van der Waals surface area contributed by atoms with Crippen molar-refractivity contribution in [3.05, 3.63) is 34.1 Å². The van der Waals surface area contributed by atoms with Gasteiger partial charge in [-0.05, 0) is 12.5 Å². The van der Waals surface area contributed by atoms with Crippen molar-refractivity contribution in [3.8, 4) is 0 Å². The predicted molar refractivity (Wildman–Crippen MR) is 68.8 cm³/mol. The first-order chi connectivity index (χ1) is 8.94. The summed E-state index contributed by atoms with van der Waals surface area (Å²) in [5, 5.41) is 10.7. The molecule has 19 heavy (non-hydrogen) atoms. The fourth-order valence-electron chi connectivity index (χ4n) is 2.33. The lowest BCUT2D eigenvalue weighted by Crippen LogP contribution is -2.04. The monoisotopic (exact) mass is 281 g/mol. The van der Waals surface area contributed by atoms with Crippen LogP contribution in [0.5, 0.6) is 0 Å². The van der Waals surface area contributed by atoms with Crippen molar-refractivity contribution in [1.29, 1.82) is 0 Å². The van der Waals surface area contributed by atoms with Crippen LogP contribution in [0.15, 0.2) is 18.2 Å². The van der Waals surface area contributed by atoms with E-state index in [0.717, 1.165) is 0 Å². The summed E-state index contributed by atoms with van der Waals surface area (Å²) in [5.74, 6) is 0.720. The highest BCUT2D eigenvalue weighted by molar-refractivity contribution is 7.91. The number of benzene rings is 1. The Morgan fingerprint density at radius 2 is 2.21 bits per heavy atom. The lowest BCUT2D eigenvalue weighted by Gasteiger charge is -2.01. The maximum atomic E-state index is 11.4. The smallest absolute Gasteiger partial charge is 0.271 e. The van der Waals surface area contributed by atoms with Crippen molar-refractivity contribution in [2.24, 2.45) is 0 Å². The molecular formula is C11H11N3O4S. The van der Waals surface area contributed by atoms with E-state index in [1.165, 1.54) is 12.1 Å². The number of fused-ring (bicyclic) bond motifs is 1. The molecule has 1 aromatic carbocycles. The highest BCUT2D eigenvalue weighted by atomic mass is 32.2. The summed E-state index contributed by atoms with van der Waals surface area (Å²) in [6.07, 6.45) is 0.546. The van der Waals surface area contributed by atoms with E-state index in [9.17, 15) is 18.5 Å². The fourth-order valence-corrected chi connectivity index (χ4v) is 4.08. The first kappa shape index (κ1) is 12.1. The van der Waals surface area contributed by atoms with Gasteiger partial charge in [0.15, 0.2) is 9.84 Å². The molecule has 2 heterocycles. The Morgan fingerprint density at radius 1 is 1.42 bits per heavy atom. The standard InChI is InChI=1S/C11H11N3O4S/c15-14(16)8-1-2-9-10(5-8)13-11(12-9)7-3-4-19(17,18)6-7/h1-2,5,7H,3-4,6H2,(H,12,13). The van der Waals surface area contributed by atoms with Gasteiger partial charge in [0.2, 0.25) is 0 Å². The number of non-ortho nitro benzene ring substituents is 1. The van der Waals surface area contributed by atoms with E-state index in [4.69, 9.17) is 0 Å². The highest BCUT2D eigenvalue weighted by Gasteiger charge is 2.31. The third kappa shape index (κ3) is 2.19. The fraction of sp³-hybridized carbons (Fsp3) is 0.364. The second-order valence-electron chi connectivity index (χ2n) is 4.68. The van der Waals surface area contributed by atoms with E-state index in [1.54, 1.807) is 6.07 Å². The van der Waals surface area contributed by atoms with Gasteiger partial charge in [0.05, 0.1) is 27.5 Å². The minimum Gasteiger partial charge on any atom is -0.342 e. The molecule has 0 amide bonds. The van der Waals surface area contributed by atoms with Gasteiger partial charge in [-0.1, -0.05) is 0 Å². The Hall–Kier alpha value is -1.96. The van der Waals surface area contributed by atoms with Gasteiger partial charge in [0.25, 0.3) is 5.69 Å². The predicted octanol–water partition coefficient (Wildman–Crippen LogP) is 1.37. The van der Waals surface area contributed by atoms with E-state index >= 15 is 0 Å². The molecule has 0 spiro atoms. The number of hydrogen-bond acceptors (Lipinski definition) is 5. The molecule has 3 rings (SSSR count). The molecule has 1 fully saturated rings. The average Bonchev–Trinajstić information content (AvgIpc) is 2.90. The molecule has 1 aliphatic rings. The quantitative estimate of drug-likeness (QED) is 0.661. The molecule has 2 aromatic rings. The molecule has 0 aliphatic carbocycles. The molecule has 0 bridgehead atoms. The zero-order valence-corrected chi connectivity index (χ0v) is 10.7. The van der Waals surface area contributed by atoms with Crippen LogP contribution >= 0.6 is 0 Å². The van der Waals surface area contributed by atoms with Gasteiger partial charge < -0.3 is 4.98 Å². The molecule has 0 saturated carbocycles. The molecule has 7 nitrogen and oxygen atoms in total. The van der Waals surface area contributed by atoms with Crippen LogP contribution in [-0.4, -0.2) is 34.8 Å². The number of nitro benzene ring substituents is 1. The first-order valence-electron chi connectivity index (χ1n) is 5.79. The Kier molecular flexibility index (Phi) is 2.56. The lowest BCUT2D eigenvalue weighted by atomic mass is 10.1. The Balaban J connectivity index is 2.00. The van der Waals surface area contributed by atoms with Crippen LogP contribution in [0, 0.1) is 10.1 Å². The summed E-state index contributed by atoms with van der Waals surface area (Å²) >= 11 is 0. The number of rotatable bonds is 2. The molecule has 1 atom stereocenters. The van der Waals surface area contributed by atoms with E-state index in [0.29, 0.717) is 23.3 Å². The average molecular weight is 281 g/mol. The van der Waals surface area contributed by atoms with Crippen LogP contribution in [0.2, 0.25) is 0 Å². The van der Waals surface area contributed by atoms with Gasteiger partial charge in [-0.2, -0.15) is 0 Å². The van der Waals surface area contributed by atoms with Crippen molar-refractivity contribution < 1.29 is 13.3 Å². The van der Waals surface area contributed by atoms with Gasteiger partial charge in [-0.15, -0.1) is 0 Å². The second kappa shape index (κ2) is 4.02. The Labute approximate surface area is 108 Å². The van der Waals surface area contributed by atoms with Gasteiger partial charge in [-0.25, -0.2) is 13.4 Å². The minimum absolute atomic E-state index is 0.0123. The zero-order valence-electron chi connectivity index (χ0n) is 9.87. The molecule has 1 unspecified atom stereocenters. The number of imidazole rings is 1. The Bertz CT molecular complexity index is 765. The SMILES string of the molecule is O=[N+]([O-])c1ccc2nc(C3CCS(=O)(=O)C3)[nH]c2c1. The summed E-state index contributed by atoms with van der Waals surface area (Å²) in [4.78, 5) is 17.5. The number of aromatic nitrogens is 2. The van der Waals surface area contributed by atoms with Gasteiger partial charge >= 0.3 is 0 Å². The van der Waals surface area contributed by atoms with Crippen LogP contribution in [0.1, 0.15) is 18.2 Å². The van der Waals surface area contributed by atoms with Crippen LogP contribution in [0.3, 0.4) is 0 Å². The summed E-state index contributed by atoms with van der Waals surface area (Å²) in [6.45, 7) is 0. The number of hydrogen-bond donors (Lipinski definition) is 1. The number of aromatic amines is 1. The number of nitro groups is 1. The van der Waals surface area contributed by atoms with Crippen molar-refractivity contribution >= 4 is 26.6 Å². The van der Waals surface area contributed by atoms with Gasteiger partial charge in [-0.3, -0.25) is 10.1 Å². The maximum absolute atomic E-state index is 11.4. The molecule has 1 aromatic heterocycles. The number of sulfone groups is 1. The topological polar surface area (TPSA) is 106 Å². The summed E-state index contributed by atoms with van der Waals surface area (Å²) in [6, 6.07) is 4.37. The van der Waals surface area contributed by atoms with E-state index < -0.39 is 14.8 Å². The first-order valence-corrected chi connectivity index (χ1v) is 7.61. The van der Waals surface area contributed by atoms with Crippen molar-refractivity contribution in [1.82, 2.24) is 9.97 Å². The summed E-state index contributed by atoms with van der Waals surface area (Å²) in [5.41, 5.74) is 1.17. The highest BCUT2D eigenvalue weighted by Crippen LogP contribution is 2.29. The van der Waals surface area contributed by atoms with Gasteiger partial charge in [0, 0.05) is 18.1 Å². The summed E-state index contributed by atoms with van der Waals surface area (Å²) < 4.78 is 22.9. The molecular weight excluding hydrogens is 270 g/mol. The van der Waals surface area contributed by atoms with Crippen molar-refractivity contribution in [2.75, 3.05) is 11.5 Å². The van der Waals surface area contributed by atoms with Crippen LogP contribution in [-0.2, 0) is 9.84 Å². The van der Waals surface area contributed by atoms with Gasteiger partial charge in [0.1, 0.15) is 5.82 Å². The zero-order chi connectivity index (χ0) is 13.6. The molecule has 0 radical (unpaired) electrons. The maximum Gasteiger partial charge on any atom is 0.271 e. The number of nitrogens with one attached hydrogen (secondary N) is 1. The molecule has 1 aliphatic heterocycles. The molecule has 100 valence electrons. The van der Waals surface area contributed by atoms with E-state index in [-0.39, 0.29) is 23.1 Å². The van der Waals surface area contributed by atoms with Crippen molar-refractivity contribution in [2.45, 2.75) is 12.3 Å². The largest absolute Gasteiger partial charge is 0.342 e. The molecule has 1 saturated heterocycles. The lowest BCUT2D eigenvalue weighted by molar-refractivity contribution is -0.384. The van der Waals surface area contributed by atoms with Crippen LogP contribution < -0.4 is 0 Å². The van der Waals surface area contributed by atoms with Crippen LogP contribution in [0.4, 0.5) is 5.69 Å². The van der Waals surface area contributed by atoms with Crippen molar-refractivity contribution in [3.63, 3.8) is 0 Å². The minimum atomic E-state index is -2.97. The number of nitrogens with zero attached hydrogens (tertiary/aromatic N) is 2. The summed E-state index contributed by atoms with van der Waals surface area (Å²) in [7, 11) is -2.97. The van der Waals surface area contributed by atoms with E-state index in [1.807, 2.05) is 0 Å². The second-order valence-corrected chi connectivity index (χ2v) is 6.91. The Morgan fingerprint density at radius 3 is 2.84 bits per heavy atom. The third-order valence-corrected chi connectivity index (χ3v) is 5.08.